The molecule has 0 N–H and O–H groups in total. The van der Waals surface area contributed by atoms with Crippen LogP contribution < -0.4 is 4.90 Å². The van der Waals surface area contributed by atoms with Crippen molar-refractivity contribution >= 4 is 28.2 Å². The summed E-state index contributed by atoms with van der Waals surface area (Å²) in [4.78, 5) is 6.73. The second-order valence-electron chi connectivity index (χ2n) is 4.73. The molecule has 20 heavy (non-hydrogen) atoms. The van der Waals surface area contributed by atoms with E-state index in [1.54, 1.807) is 6.26 Å². The highest BCUT2D eigenvalue weighted by atomic mass is 35.5. The Morgan fingerprint density at radius 1 is 1.20 bits per heavy atom. The molecule has 0 saturated carbocycles. The Labute approximate surface area is 122 Å². The molecule has 0 radical (unpaired) electrons. The molecule has 0 aliphatic heterocycles. The van der Waals surface area contributed by atoms with Crippen LogP contribution in [0.3, 0.4) is 0 Å². The zero-order valence-electron chi connectivity index (χ0n) is 11.2. The molecule has 3 rings (SSSR count). The van der Waals surface area contributed by atoms with E-state index in [9.17, 15) is 0 Å². The molecule has 0 saturated heterocycles. The summed E-state index contributed by atoms with van der Waals surface area (Å²) in [6.45, 7) is 0.676. The second-order valence-corrected chi connectivity index (χ2v) is 4.99. The summed E-state index contributed by atoms with van der Waals surface area (Å²) >= 11 is 5.95. The van der Waals surface area contributed by atoms with E-state index in [1.165, 1.54) is 0 Å². The van der Waals surface area contributed by atoms with Gasteiger partial charge < -0.3 is 9.32 Å². The third-order valence-electron chi connectivity index (χ3n) is 3.24. The van der Waals surface area contributed by atoms with Gasteiger partial charge in [-0.05, 0) is 23.6 Å². The van der Waals surface area contributed by atoms with Crippen molar-refractivity contribution in [3.8, 4) is 0 Å². The fourth-order valence-corrected chi connectivity index (χ4v) is 2.44. The topological polar surface area (TPSA) is 29.3 Å². The van der Waals surface area contributed by atoms with Gasteiger partial charge in [0.2, 0.25) is 0 Å². The summed E-state index contributed by atoms with van der Waals surface area (Å²) < 4.78 is 5.40. The molecule has 0 spiro atoms. The molecule has 2 heterocycles. The van der Waals surface area contributed by atoms with Crippen molar-refractivity contribution < 1.29 is 4.42 Å². The molecule has 3 aromatic rings. The van der Waals surface area contributed by atoms with Crippen LogP contribution in [-0.4, -0.2) is 12.0 Å². The van der Waals surface area contributed by atoms with E-state index < -0.39 is 0 Å². The van der Waals surface area contributed by atoms with Crippen molar-refractivity contribution in [1.82, 2.24) is 4.98 Å². The largest absolute Gasteiger partial charge is 0.467 e. The molecule has 102 valence electrons. The number of halogens is 1. The van der Waals surface area contributed by atoms with Gasteiger partial charge in [-0.15, -0.1) is 11.6 Å². The fraction of sp³-hybridized carbons (Fsp3) is 0.188. The molecule has 0 amide bonds. The van der Waals surface area contributed by atoms with Gasteiger partial charge in [0.15, 0.2) is 0 Å². The van der Waals surface area contributed by atoms with Crippen molar-refractivity contribution in [2.75, 3.05) is 11.9 Å². The number of hydrogen-bond donors (Lipinski definition) is 0. The number of fused-ring (bicyclic) bond motifs is 1. The fourth-order valence-electron chi connectivity index (χ4n) is 2.31. The first-order valence-corrected chi connectivity index (χ1v) is 6.99. The molecule has 0 bridgehead atoms. The molecule has 4 heteroatoms. The van der Waals surface area contributed by atoms with E-state index in [0.717, 1.165) is 28.0 Å². The predicted molar refractivity (Wildman–Crippen MR) is 82.1 cm³/mol. The van der Waals surface area contributed by atoms with Gasteiger partial charge in [-0.25, -0.2) is 4.98 Å². The van der Waals surface area contributed by atoms with Crippen LogP contribution in [0.5, 0.6) is 0 Å². The van der Waals surface area contributed by atoms with Gasteiger partial charge in [-0.1, -0.05) is 24.3 Å². The lowest BCUT2D eigenvalue weighted by molar-refractivity contribution is 0.507. The standard InChI is InChI=1S/C16H15ClN2O/c1-19(11-14-6-4-8-20-14)16-15-7-3-2-5-12(15)9-13(10-17)18-16/h2-9H,10-11H2,1H3. The van der Waals surface area contributed by atoms with E-state index in [1.807, 2.05) is 37.4 Å². The smallest absolute Gasteiger partial charge is 0.136 e. The summed E-state index contributed by atoms with van der Waals surface area (Å²) in [5, 5.41) is 2.27. The minimum atomic E-state index is 0.409. The SMILES string of the molecule is CN(Cc1ccco1)c1nc(CCl)cc2ccccc12. The van der Waals surface area contributed by atoms with Crippen molar-refractivity contribution in [3.63, 3.8) is 0 Å². The van der Waals surface area contributed by atoms with Crippen LogP contribution in [0.2, 0.25) is 0 Å². The van der Waals surface area contributed by atoms with Crippen LogP contribution in [-0.2, 0) is 12.4 Å². The van der Waals surface area contributed by atoms with Gasteiger partial charge in [0.25, 0.3) is 0 Å². The Bertz CT molecular complexity index is 710. The van der Waals surface area contributed by atoms with Gasteiger partial charge in [-0.2, -0.15) is 0 Å². The van der Waals surface area contributed by atoms with Crippen molar-refractivity contribution in [3.05, 3.63) is 60.2 Å². The van der Waals surface area contributed by atoms with E-state index in [0.29, 0.717) is 12.4 Å². The van der Waals surface area contributed by atoms with Crippen molar-refractivity contribution in [1.29, 1.82) is 0 Å². The molecule has 0 atom stereocenters. The molecular formula is C16H15ClN2O. The number of alkyl halides is 1. The monoisotopic (exact) mass is 286 g/mol. The van der Waals surface area contributed by atoms with Crippen molar-refractivity contribution in [2.24, 2.45) is 0 Å². The van der Waals surface area contributed by atoms with Gasteiger partial charge in [0.05, 0.1) is 24.4 Å². The summed E-state index contributed by atoms with van der Waals surface area (Å²) in [7, 11) is 2.01. The summed E-state index contributed by atoms with van der Waals surface area (Å²) in [6.07, 6.45) is 1.68. The molecule has 0 aliphatic rings. The first kappa shape index (κ1) is 13.0. The van der Waals surface area contributed by atoms with Crippen LogP contribution in [0.25, 0.3) is 10.8 Å². The molecule has 3 nitrogen and oxygen atoms in total. The summed E-state index contributed by atoms with van der Waals surface area (Å²) in [5.41, 5.74) is 0.881. The van der Waals surface area contributed by atoms with Crippen LogP contribution in [0, 0.1) is 0 Å². The normalized spacial score (nSPS) is 10.9. The van der Waals surface area contributed by atoms with E-state index in [-0.39, 0.29) is 0 Å². The van der Waals surface area contributed by atoms with Gasteiger partial charge in [-0.3, -0.25) is 0 Å². The zero-order valence-corrected chi connectivity index (χ0v) is 12.0. The zero-order chi connectivity index (χ0) is 13.9. The lowest BCUT2D eigenvalue weighted by Gasteiger charge is -2.19. The highest BCUT2D eigenvalue weighted by molar-refractivity contribution is 6.17. The van der Waals surface area contributed by atoms with Gasteiger partial charge >= 0.3 is 0 Å². The third kappa shape index (κ3) is 2.49. The van der Waals surface area contributed by atoms with Crippen molar-refractivity contribution in [2.45, 2.75) is 12.4 Å². The number of rotatable bonds is 4. The number of benzene rings is 1. The lowest BCUT2D eigenvalue weighted by Crippen LogP contribution is -2.18. The Balaban J connectivity index is 2.04. The predicted octanol–water partition coefficient (Wildman–Crippen LogP) is 4.20. The Kier molecular flexibility index (Phi) is 3.61. The summed E-state index contributed by atoms with van der Waals surface area (Å²) in [6, 6.07) is 14.1. The number of aromatic nitrogens is 1. The maximum Gasteiger partial charge on any atom is 0.136 e. The first-order chi connectivity index (χ1) is 9.78. The number of hydrogen-bond acceptors (Lipinski definition) is 3. The highest BCUT2D eigenvalue weighted by Gasteiger charge is 2.11. The van der Waals surface area contributed by atoms with Gasteiger partial charge in [0.1, 0.15) is 11.6 Å². The third-order valence-corrected chi connectivity index (χ3v) is 3.52. The second kappa shape index (κ2) is 5.55. The number of furan rings is 1. The van der Waals surface area contributed by atoms with Gasteiger partial charge in [0, 0.05) is 12.4 Å². The molecule has 1 aromatic carbocycles. The quantitative estimate of drug-likeness (QED) is 0.673. The molecule has 0 aliphatic carbocycles. The highest BCUT2D eigenvalue weighted by Crippen LogP contribution is 2.26. The molecular weight excluding hydrogens is 272 g/mol. The average Bonchev–Trinajstić information content (AvgIpc) is 2.98. The maximum absolute atomic E-state index is 5.95. The Morgan fingerprint density at radius 2 is 2.05 bits per heavy atom. The average molecular weight is 287 g/mol. The van der Waals surface area contributed by atoms with Crippen LogP contribution >= 0.6 is 11.6 Å². The minimum Gasteiger partial charge on any atom is -0.467 e. The number of nitrogens with zero attached hydrogens (tertiary/aromatic N) is 2. The summed E-state index contributed by atoms with van der Waals surface area (Å²) in [5.74, 6) is 2.25. The first-order valence-electron chi connectivity index (χ1n) is 6.46. The minimum absolute atomic E-state index is 0.409. The molecule has 0 unspecified atom stereocenters. The number of pyridine rings is 1. The lowest BCUT2D eigenvalue weighted by atomic mass is 10.1. The number of anilines is 1. The van der Waals surface area contributed by atoms with Crippen LogP contribution in [0.4, 0.5) is 5.82 Å². The van der Waals surface area contributed by atoms with Crippen LogP contribution in [0.15, 0.2) is 53.1 Å². The van der Waals surface area contributed by atoms with E-state index in [4.69, 9.17) is 16.0 Å². The Morgan fingerprint density at radius 3 is 2.80 bits per heavy atom. The van der Waals surface area contributed by atoms with E-state index in [2.05, 4.69) is 22.0 Å². The van der Waals surface area contributed by atoms with Crippen LogP contribution in [0.1, 0.15) is 11.5 Å². The molecule has 0 fully saturated rings. The maximum atomic E-state index is 5.95. The molecule has 2 aromatic heterocycles. The Hall–Kier alpha value is -2.00. The van der Waals surface area contributed by atoms with E-state index >= 15 is 0 Å².